The summed E-state index contributed by atoms with van der Waals surface area (Å²) < 4.78 is 12.7. The molecule has 0 fully saturated rings. The highest BCUT2D eigenvalue weighted by Crippen LogP contribution is 2.32. The monoisotopic (exact) mass is 499 g/mol. The minimum Gasteiger partial charge on any atom is -0.493 e. The van der Waals surface area contributed by atoms with Crippen molar-refractivity contribution in [2.45, 2.75) is 34.6 Å². The largest absolute Gasteiger partial charge is 0.493 e. The molecule has 0 bridgehead atoms. The molecule has 1 amide bonds. The van der Waals surface area contributed by atoms with Gasteiger partial charge in [0.1, 0.15) is 16.5 Å². The first-order chi connectivity index (χ1) is 16.7. The number of amides is 1. The predicted molar refractivity (Wildman–Crippen MR) is 139 cm³/mol. The van der Waals surface area contributed by atoms with E-state index < -0.39 is 0 Å². The Morgan fingerprint density at radius 3 is 2.51 bits per heavy atom. The van der Waals surface area contributed by atoms with Gasteiger partial charge in [-0.15, -0.1) is 11.3 Å². The van der Waals surface area contributed by atoms with Gasteiger partial charge in [-0.05, 0) is 51.6 Å². The number of anilines is 1. The molecule has 35 heavy (non-hydrogen) atoms. The van der Waals surface area contributed by atoms with Crippen LogP contribution in [0.3, 0.4) is 0 Å². The fourth-order valence-electron chi connectivity index (χ4n) is 3.69. The maximum absolute atomic E-state index is 13.1. The molecule has 0 saturated heterocycles. The number of likely N-dealkylation sites (N-methyl/N-ethyl adjacent to an activating group) is 1. The summed E-state index contributed by atoms with van der Waals surface area (Å²) in [5.74, 6) is 0.856. The summed E-state index contributed by atoms with van der Waals surface area (Å²) in [4.78, 5) is 33.1. The third kappa shape index (κ3) is 5.88. The number of carbonyl (C=O) groups excluding carboxylic acids is 1. The summed E-state index contributed by atoms with van der Waals surface area (Å²) in [6, 6.07) is 5.28. The van der Waals surface area contributed by atoms with Crippen LogP contribution in [0.15, 0.2) is 23.0 Å². The van der Waals surface area contributed by atoms with E-state index in [1.807, 2.05) is 13.8 Å². The number of carbonyl (C=O) groups is 1. The topological polar surface area (TPSA) is 98.6 Å². The van der Waals surface area contributed by atoms with Gasteiger partial charge in [-0.25, -0.2) is 9.67 Å². The number of aryl methyl sites for hydroxylation is 3. The number of methoxy groups -OCH3 is 1. The molecule has 3 aromatic rings. The number of ether oxygens (including phenoxy) is 2. The van der Waals surface area contributed by atoms with Crippen LogP contribution in [0.1, 0.15) is 40.5 Å². The molecule has 1 N–H and O–H groups in total. The molecule has 9 nitrogen and oxygen atoms in total. The van der Waals surface area contributed by atoms with E-state index in [0.29, 0.717) is 44.9 Å². The molecule has 0 saturated carbocycles. The van der Waals surface area contributed by atoms with E-state index in [4.69, 9.17) is 9.47 Å². The molecule has 10 heteroatoms. The maximum Gasteiger partial charge on any atom is 0.277 e. The molecule has 0 atom stereocenters. The van der Waals surface area contributed by atoms with E-state index in [9.17, 15) is 9.59 Å². The molecule has 0 unspecified atom stereocenters. The lowest BCUT2D eigenvalue weighted by molar-refractivity contribution is 0.103. The smallest absolute Gasteiger partial charge is 0.277 e. The Morgan fingerprint density at radius 1 is 1.14 bits per heavy atom. The van der Waals surface area contributed by atoms with Crippen molar-refractivity contribution in [3.63, 3.8) is 0 Å². The van der Waals surface area contributed by atoms with Gasteiger partial charge in [0.25, 0.3) is 11.5 Å². The van der Waals surface area contributed by atoms with Crippen LogP contribution in [0.4, 0.5) is 5.69 Å². The lowest BCUT2D eigenvalue weighted by atomic mass is 10.1. The molecular formula is C25H33N5O4S. The van der Waals surface area contributed by atoms with E-state index >= 15 is 0 Å². The first-order valence-corrected chi connectivity index (χ1v) is 12.4. The van der Waals surface area contributed by atoms with E-state index in [1.54, 1.807) is 39.3 Å². The van der Waals surface area contributed by atoms with Crippen molar-refractivity contribution in [1.29, 1.82) is 0 Å². The molecule has 0 spiro atoms. The average molecular weight is 500 g/mol. The maximum atomic E-state index is 13.1. The second-order valence-electron chi connectivity index (χ2n) is 8.14. The molecule has 2 aromatic heterocycles. The van der Waals surface area contributed by atoms with Crippen molar-refractivity contribution in [1.82, 2.24) is 19.7 Å². The Morgan fingerprint density at radius 2 is 1.86 bits per heavy atom. The molecular weight excluding hydrogens is 466 g/mol. The SMILES string of the molecule is CCN(CC)CCOc1cc(NC(=O)c2sc(-c3c(C)c(C)nn(C)c3=O)nc2C)ccc1OC. The number of nitrogens with zero attached hydrogens (tertiary/aromatic N) is 4. The Labute approximate surface area is 209 Å². The first kappa shape index (κ1) is 26.4. The predicted octanol–water partition coefficient (Wildman–Crippen LogP) is 3.81. The molecule has 188 valence electrons. The van der Waals surface area contributed by atoms with Crippen LogP contribution < -0.4 is 20.3 Å². The minimum atomic E-state index is -0.300. The minimum absolute atomic E-state index is 0.240. The molecule has 0 aliphatic heterocycles. The second-order valence-corrected chi connectivity index (χ2v) is 9.14. The Hall–Kier alpha value is -3.24. The fourth-order valence-corrected chi connectivity index (χ4v) is 4.75. The highest BCUT2D eigenvalue weighted by molar-refractivity contribution is 7.17. The van der Waals surface area contributed by atoms with Crippen LogP contribution in [0.25, 0.3) is 10.6 Å². The zero-order valence-electron chi connectivity index (χ0n) is 21.4. The van der Waals surface area contributed by atoms with Crippen molar-refractivity contribution in [3.8, 4) is 22.1 Å². The standard InChI is InChI=1S/C25H33N5O4S/c1-8-30(9-2)12-13-34-20-14-18(10-11-19(20)33-7)27-23(31)22-17(5)26-24(35-22)21-15(3)16(4)28-29(6)25(21)32/h10-11,14H,8-9,12-13H2,1-7H3,(H,27,31). The summed E-state index contributed by atoms with van der Waals surface area (Å²) in [6.45, 7) is 12.9. The van der Waals surface area contributed by atoms with Gasteiger partial charge in [0, 0.05) is 25.3 Å². The normalized spacial score (nSPS) is 11.1. The van der Waals surface area contributed by atoms with E-state index in [2.05, 4.69) is 34.1 Å². The van der Waals surface area contributed by atoms with Crippen molar-refractivity contribution >= 4 is 22.9 Å². The summed E-state index contributed by atoms with van der Waals surface area (Å²) in [6.07, 6.45) is 0. The van der Waals surface area contributed by atoms with Gasteiger partial charge < -0.3 is 19.7 Å². The molecule has 0 aliphatic rings. The van der Waals surface area contributed by atoms with Crippen LogP contribution in [0, 0.1) is 20.8 Å². The second kappa shape index (κ2) is 11.5. The molecule has 2 heterocycles. The van der Waals surface area contributed by atoms with E-state index in [1.165, 1.54) is 16.0 Å². The molecule has 0 radical (unpaired) electrons. The van der Waals surface area contributed by atoms with Gasteiger partial charge in [0.2, 0.25) is 0 Å². The summed E-state index contributed by atoms with van der Waals surface area (Å²) in [5, 5.41) is 7.64. The number of thiazole rings is 1. The van der Waals surface area contributed by atoms with Crippen LogP contribution in [-0.2, 0) is 7.05 Å². The van der Waals surface area contributed by atoms with Crippen LogP contribution in [0.5, 0.6) is 11.5 Å². The van der Waals surface area contributed by atoms with Gasteiger partial charge in [-0.2, -0.15) is 5.10 Å². The quantitative estimate of drug-likeness (QED) is 0.453. The van der Waals surface area contributed by atoms with Crippen LogP contribution >= 0.6 is 11.3 Å². The van der Waals surface area contributed by atoms with E-state index in [0.717, 1.165) is 30.9 Å². The third-order valence-corrected chi connectivity index (χ3v) is 7.10. The van der Waals surface area contributed by atoms with E-state index in [-0.39, 0.29) is 11.5 Å². The van der Waals surface area contributed by atoms with Crippen molar-refractivity contribution < 1.29 is 14.3 Å². The molecule has 0 aliphatic carbocycles. The summed E-state index contributed by atoms with van der Waals surface area (Å²) in [5.41, 5.74) is 2.87. The van der Waals surface area contributed by atoms with Crippen LogP contribution in [-0.4, -0.2) is 58.9 Å². The van der Waals surface area contributed by atoms with Crippen molar-refractivity contribution in [3.05, 3.63) is 50.4 Å². The lowest BCUT2D eigenvalue weighted by Crippen LogP contribution is -2.28. The molecule has 1 aromatic carbocycles. The first-order valence-electron chi connectivity index (χ1n) is 11.6. The van der Waals surface area contributed by atoms with Crippen molar-refractivity contribution in [2.24, 2.45) is 7.05 Å². The number of benzene rings is 1. The van der Waals surface area contributed by atoms with Gasteiger partial charge in [-0.3, -0.25) is 9.59 Å². The summed E-state index contributed by atoms with van der Waals surface area (Å²) in [7, 11) is 3.19. The zero-order valence-corrected chi connectivity index (χ0v) is 22.2. The Bertz CT molecular complexity index is 1260. The van der Waals surface area contributed by atoms with Crippen LogP contribution in [0.2, 0.25) is 0 Å². The summed E-state index contributed by atoms with van der Waals surface area (Å²) >= 11 is 1.19. The number of hydrogen-bond acceptors (Lipinski definition) is 8. The number of nitrogens with one attached hydrogen (secondary N) is 1. The lowest BCUT2D eigenvalue weighted by Gasteiger charge is -2.19. The Balaban J connectivity index is 1.82. The Kier molecular flexibility index (Phi) is 8.63. The number of hydrogen-bond donors (Lipinski definition) is 1. The highest BCUT2D eigenvalue weighted by Gasteiger charge is 2.21. The molecule has 3 rings (SSSR count). The average Bonchev–Trinajstić information content (AvgIpc) is 3.22. The van der Waals surface area contributed by atoms with Crippen molar-refractivity contribution in [2.75, 3.05) is 38.7 Å². The zero-order chi connectivity index (χ0) is 25.7. The fraction of sp³-hybridized carbons (Fsp3) is 0.440. The highest BCUT2D eigenvalue weighted by atomic mass is 32.1. The van der Waals surface area contributed by atoms with Gasteiger partial charge in [-0.1, -0.05) is 13.8 Å². The number of aromatic nitrogens is 3. The third-order valence-electron chi connectivity index (χ3n) is 5.92. The van der Waals surface area contributed by atoms with Gasteiger partial charge in [0.15, 0.2) is 11.5 Å². The van der Waals surface area contributed by atoms with Gasteiger partial charge in [0.05, 0.1) is 24.1 Å². The number of rotatable bonds is 10. The van der Waals surface area contributed by atoms with Gasteiger partial charge >= 0.3 is 0 Å².